The molecular weight excluding hydrogens is 336 g/mol. The van der Waals surface area contributed by atoms with Crippen LogP contribution in [0.4, 0.5) is 0 Å². The standard InChI is InChI=1S/C19H28N2O3S/c1-2-11-21(17-8-10-20-14-17)19(22)9-12-25(23,24)18-7-6-15-4-3-5-16(15)13-18/h6-7,13,17,20H,2-5,8-12,14H2,1H3. The van der Waals surface area contributed by atoms with E-state index in [0.29, 0.717) is 11.4 Å². The van der Waals surface area contributed by atoms with Gasteiger partial charge in [-0.2, -0.15) is 0 Å². The number of fused-ring (bicyclic) bond motifs is 1. The third kappa shape index (κ3) is 4.23. The molecule has 2 aliphatic rings. The first kappa shape index (κ1) is 18.4. The minimum atomic E-state index is -3.41. The summed E-state index contributed by atoms with van der Waals surface area (Å²) in [4.78, 5) is 14.9. The van der Waals surface area contributed by atoms with Gasteiger partial charge in [0.2, 0.25) is 5.91 Å². The number of rotatable bonds is 7. The number of sulfone groups is 1. The molecule has 1 aromatic carbocycles. The van der Waals surface area contributed by atoms with Gasteiger partial charge >= 0.3 is 0 Å². The molecule has 1 heterocycles. The second-order valence-electron chi connectivity index (χ2n) is 7.09. The molecule has 6 heteroatoms. The van der Waals surface area contributed by atoms with Crippen molar-refractivity contribution in [3.63, 3.8) is 0 Å². The van der Waals surface area contributed by atoms with Crippen LogP contribution in [0.5, 0.6) is 0 Å². The molecule has 25 heavy (non-hydrogen) atoms. The zero-order chi connectivity index (χ0) is 17.9. The molecule has 1 aliphatic heterocycles. The molecule has 1 fully saturated rings. The van der Waals surface area contributed by atoms with E-state index in [2.05, 4.69) is 5.32 Å². The maximum atomic E-state index is 12.7. The monoisotopic (exact) mass is 364 g/mol. The zero-order valence-electron chi connectivity index (χ0n) is 15.0. The van der Waals surface area contributed by atoms with Crippen molar-refractivity contribution in [2.24, 2.45) is 0 Å². The van der Waals surface area contributed by atoms with Gasteiger partial charge in [0.05, 0.1) is 10.6 Å². The molecule has 0 aromatic heterocycles. The first-order valence-corrected chi connectivity index (χ1v) is 11.0. The molecule has 1 unspecified atom stereocenters. The number of nitrogens with zero attached hydrogens (tertiary/aromatic N) is 1. The first-order chi connectivity index (χ1) is 12.0. The van der Waals surface area contributed by atoms with Crippen LogP contribution in [0.3, 0.4) is 0 Å². The fourth-order valence-corrected chi connectivity index (χ4v) is 5.16. The predicted molar refractivity (Wildman–Crippen MR) is 98.4 cm³/mol. The number of carbonyl (C=O) groups is 1. The van der Waals surface area contributed by atoms with Gasteiger partial charge in [0.25, 0.3) is 0 Å². The summed E-state index contributed by atoms with van der Waals surface area (Å²) in [5, 5.41) is 3.28. The Labute approximate surface area is 150 Å². The van der Waals surface area contributed by atoms with Crippen LogP contribution in [0.15, 0.2) is 23.1 Å². The van der Waals surface area contributed by atoms with Crippen molar-refractivity contribution >= 4 is 15.7 Å². The summed E-state index contributed by atoms with van der Waals surface area (Å²) < 4.78 is 25.3. The van der Waals surface area contributed by atoms with Crippen molar-refractivity contribution in [1.82, 2.24) is 10.2 Å². The van der Waals surface area contributed by atoms with Gasteiger partial charge in [0, 0.05) is 25.6 Å². The molecule has 1 aromatic rings. The summed E-state index contributed by atoms with van der Waals surface area (Å²) in [6.45, 7) is 4.48. The highest BCUT2D eigenvalue weighted by Gasteiger charge is 2.27. The maximum absolute atomic E-state index is 12.7. The average molecular weight is 365 g/mol. The number of hydrogen-bond acceptors (Lipinski definition) is 4. The van der Waals surface area contributed by atoms with Gasteiger partial charge < -0.3 is 10.2 Å². The molecule has 1 N–H and O–H groups in total. The van der Waals surface area contributed by atoms with Crippen molar-refractivity contribution in [3.05, 3.63) is 29.3 Å². The van der Waals surface area contributed by atoms with Crippen molar-refractivity contribution in [2.45, 2.75) is 56.4 Å². The summed E-state index contributed by atoms with van der Waals surface area (Å²) >= 11 is 0. The van der Waals surface area contributed by atoms with E-state index in [1.54, 1.807) is 6.07 Å². The molecule has 1 amide bonds. The molecule has 0 saturated carbocycles. The Kier molecular flexibility index (Phi) is 5.79. The lowest BCUT2D eigenvalue weighted by Crippen LogP contribution is -2.42. The van der Waals surface area contributed by atoms with Crippen LogP contribution < -0.4 is 5.32 Å². The normalized spacial score (nSPS) is 19.8. The summed E-state index contributed by atoms with van der Waals surface area (Å²) in [5.74, 6) is -0.148. The lowest BCUT2D eigenvalue weighted by atomic mass is 10.1. The van der Waals surface area contributed by atoms with Crippen LogP contribution in [0.1, 0.15) is 43.7 Å². The number of amides is 1. The van der Waals surface area contributed by atoms with E-state index in [1.807, 2.05) is 24.0 Å². The summed E-state index contributed by atoms with van der Waals surface area (Å²) in [7, 11) is -3.41. The molecule has 0 radical (unpaired) electrons. The quantitative estimate of drug-likeness (QED) is 0.803. The third-order valence-corrected chi connectivity index (χ3v) is 6.99. The maximum Gasteiger partial charge on any atom is 0.223 e. The minimum Gasteiger partial charge on any atom is -0.338 e. The first-order valence-electron chi connectivity index (χ1n) is 9.36. The predicted octanol–water partition coefficient (Wildman–Crippen LogP) is 1.94. The number of carbonyl (C=O) groups excluding carboxylic acids is 1. The van der Waals surface area contributed by atoms with Gasteiger partial charge in [-0.1, -0.05) is 13.0 Å². The van der Waals surface area contributed by atoms with Gasteiger partial charge in [0.1, 0.15) is 0 Å². The number of aryl methyl sites for hydroxylation is 2. The van der Waals surface area contributed by atoms with Gasteiger partial charge in [-0.3, -0.25) is 4.79 Å². The van der Waals surface area contributed by atoms with E-state index >= 15 is 0 Å². The van der Waals surface area contributed by atoms with Crippen LogP contribution in [-0.4, -0.2) is 50.7 Å². The lowest BCUT2D eigenvalue weighted by molar-refractivity contribution is -0.132. The van der Waals surface area contributed by atoms with Gasteiger partial charge in [0.15, 0.2) is 9.84 Å². The topological polar surface area (TPSA) is 66.5 Å². The van der Waals surface area contributed by atoms with E-state index in [4.69, 9.17) is 0 Å². The second-order valence-corrected chi connectivity index (χ2v) is 9.20. The fourth-order valence-electron chi connectivity index (χ4n) is 3.88. The van der Waals surface area contributed by atoms with Gasteiger partial charge in [-0.05, 0) is 61.9 Å². The van der Waals surface area contributed by atoms with Crippen LogP contribution in [0.2, 0.25) is 0 Å². The molecule has 5 nitrogen and oxygen atoms in total. The Morgan fingerprint density at radius 3 is 2.80 bits per heavy atom. The van der Waals surface area contributed by atoms with Gasteiger partial charge in [-0.25, -0.2) is 8.42 Å². The van der Waals surface area contributed by atoms with E-state index in [-0.39, 0.29) is 24.1 Å². The summed E-state index contributed by atoms with van der Waals surface area (Å²) in [6.07, 6.45) is 4.99. The summed E-state index contributed by atoms with van der Waals surface area (Å²) in [5.41, 5.74) is 2.41. The Morgan fingerprint density at radius 2 is 2.08 bits per heavy atom. The van der Waals surface area contributed by atoms with Crippen LogP contribution in [0, 0.1) is 0 Å². The molecule has 0 bridgehead atoms. The van der Waals surface area contributed by atoms with Crippen LogP contribution >= 0.6 is 0 Å². The Morgan fingerprint density at radius 1 is 1.28 bits per heavy atom. The number of nitrogens with one attached hydrogen (secondary N) is 1. The molecule has 1 saturated heterocycles. The molecule has 3 rings (SSSR count). The molecular formula is C19H28N2O3S. The third-order valence-electron chi connectivity index (χ3n) is 5.27. The molecule has 0 spiro atoms. The highest BCUT2D eigenvalue weighted by Crippen LogP contribution is 2.25. The van der Waals surface area contributed by atoms with Crippen LogP contribution in [0.25, 0.3) is 0 Å². The Hall–Kier alpha value is -1.40. The highest BCUT2D eigenvalue weighted by atomic mass is 32.2. The minimum absolute atomic E-state index is 0.0414. The van der Waals surface area contributed by atoms with E-state index in [0.717, 1.165) is 50.8 Å². The molecule has 1 atom stereocenters. The van der Waals surface area contributed by atoms with Crippen LogP contribution in [-0.2, 0) is 27.5 Å². The molecule has 138 valence electrons. The average Bonchev–Trinajstić information content (AvgIpc) is 3.28. The lowest BCUT2D eigenvalue weighted by Gasteiger charge is -2.28. The fraction of sp³-hybridized carbons (Fsp3) is 0.632. The Bertz CT molecular complexity index is 724. The SMILES string of the molecule is CCCN(C(=O)CCS(=O)(=O)c1ccc2c(c1)CCC2)C1CCNC1. The second kappa shape index (κ2) is 7.87. The Balaban J connectivity index is 1.65. The van der Waals surface area contributed by atoms with E-state index in [1.165, 1.54) is 5.56 Å². The van der Waals surface area contributed by atoms with Crippen molar-refractivity contribution in [1.29, 1.82) is 0 Å². The zero-order valence-corrected chi connectivity index (χ0v) is 15.8. The van der Waals surface area contributed by atoms with Gasteiger partial charge in [-0.15, -0.1) is 0 Å². The smallest absolute Gasteiger partial charge is 0.223 e. The van der Waals surface area contributed by atoms with E-state index < -0.39 is 9.84 Å². The van der Waals surface area contributed by atoms with Crippen molar-refractivity contribution in [3.8, 4) is 0 Å². The molecule has 1 aliphatic carbocycles. The van der Waals surface area contributed by atoms with Crippen molar-refractivity contribution in [2.75, 3.05) is 25.4 Å². The largest absolute Gasteiger partial charge is 0.338 e. The van der Waals surface area contributed by atoms with Crippen molar-refractivity contribution < 1.29 is 13.2 Å². The number of benzene rings is 1. The van der Waals surface area contributed by atoms with E-state index in [9.17, 15) is 13.2 Å². The summed E-state index contributed by atoms with van der Waals surface area (Å²) in [6, 6.07) is 5.65. The highest BCUT2D eigenvalue weighted by molar-refractivity contribution is 7.91. The number of hydrogen-bond donors (Lipinski definition) is 1.